The number of aromatic amines is 1. The predicted octanol–water partition coefficient (Wildman–Crippen LogP) is 4.60. The molecule has 4 heteroatoms. The number of hydrogen-bond acceptors (Lipinski definition) is 2. The van der Waals surface area contributed by atoms with Gasteiger partial charge in [0.2, 0.25) is 5.91 Å². The lowest BCUT2D eigenvalue weighted by Gasteiger charge is -2.26. The number of likely N-dealkylation sites (tertiary alicyclic amines) is 1. The highest BCUT2D eigenvalue weighted by Crippen LogP contribution is 2.33. The molecule has 0 spiro atoms. The van der Waals surface area contributed by atoms with Gasteiger partial charge in [0.25, 0.3) is 0 Å². The first-order chi connectivity index (χ1) is 14.2. The molecule has 3 aromatic rings. The molecular weight excluding hydrogens is 358 g/mol. The number of amides is 1. The average Bonchev–Trinajstić information content (AvgIpc) is 3.17. The third-order valence-electron chi connectivity index (χ3n) is 6.06. The lowest BCUT2D eigenvalue weighted by Crippen LogP contribution is -2.38. The maximum atomic E-state index is 12.8. The van der Waals surface area contributed by atoms with Gasteiger partial charge in [-0.05, 0) is 50.0 Å². The van der Waals surface area contributed by atoms with E-state index in [2.05, 4.69) is 70.8 Å². The molecule has 1 saturated heterocycles. The molecule has 4 rings (SSSR count). The number of carbonyl (C=O) groups excluding carboxylic acids is 1. The number of benzene rings is 2. The molecular formula is C25H31N3O. The van der Waals surface area contributed by atoms with Gasteiger partial charge in [-0.25, -0.2) is 0 Å². The van der Waals surface area contributed by atoms with Crippen LogP contribution in [0.4, 0.5) is 0 Å². The zero-order valence-electron chi connectivity index (χ0n) is 17.3. The highest BCUT2D eigenvalue weighted by Gasteiger charge is 2.21. The Bertz CT molecular complexity index is 938. The fourth-order valence-electron chi connectivity index (χ4n) is 4.38. The predicted molar refractivity (Wildman–Crippen MR) is 119 cm³/mol. The standard InChI is InChI=1S/C25H31N3O/c1-19-9-11-20(12-10-19)22(23-18-27-24-8-4-3-7-21(23)24)17-25(29)26-13-16-28-14-5-2-6-15-28/h3-4,7-12,18,22,27H,2,5-6,13-17H2,1H3,(H,26,29)/t22-/m0/s1. The highest BCUT2D eigenvalue weighted by molar-refractivity contribution is 5.86. The largest absolute Gasteiger partial charge is 0.361 e. The van der Waals surface area contributed by atoms with E-state index in [9.17, 15) is 4.79 Å². The van der Waals surface area contributed by atoms with Gasteiger partial charge in [-0.3, -0.25) is 4.79 Å². The summed E-state index contributed by atoms with van der Waals surface area (Å²) in [7, 11) is 0. The summed E-state index contributed by atoms with van der Waals surface area (Å²) >= 11 is 0. The molecule has 4 nitrogen and oxygen atoms in total. The number of nitrogens with one attached hydrogen (secondary N) is 2. The van der Waals surface area contributed by atoms with Crippen LogP contribution in [0.1, 0.15) is 48.3 Å². The van der Waals surface area contributed by atoms with Crippen LogP contribution < -0.4 is 5.32 Å². The SMILES string of the molecule is Cc1ccc([C@H](CC(=O)NCCN2CCCCC2)c2c[nH]c3ccccc23)cc1. The lowest BCUT2D eigenvalue weighted by atomic mass is 9.87. The van der Waals surface area contributed by atoms with E-state index in [0.29, 0.717) is 6.42 Å². The zero-order valence-corrected chi connectivity index (χ0v) is 17.3. The summed E-state index contributed by atoms with van der Waals surface area (Å²) in [5.41, 5.74) is 4.73. The van der Waals surface area contributed by atoms with Crippen LogP contribution in [0.2, 0.25) is 0 Å². The number of carbonyl (C=O) groups is 1. The third-order valence-corrected chi connectivity index (χ3v) is 6.06. The summed E-state index contributed by atoms with van der Waals surface area (Å²) < 4.78 is 0. The van der Waals surface area contributed by atoms with Crippen molar-refractivity contribution in [3.8, 4) is 0 Å². The fraction of sp³-hybridized carbons (Fsp3) is 0.400. The molecule has 0 radical (unpaired) electrons. The van der Waals surface area contributed by atoms with Gasteiger partial charge in [0, 0.05) is 42.5 Å². The normalized spacial score (nSPS) is 16.0. The number of rotatable bonds is 7. The second-order valence-electron chi connectivity index (χ2n) is 8.21. The van der Waals surface area contributed by atoms with Gasteiger partial charge in [-0.2, -0.15) is 0 Å². The smallest absolute Gasteiger partial charge is 0.220 e. The first-order valence-corrected chi connectivity index (χ1v) is 10.8. The van der Waals surface area contributed by atoms with Gasteiger partial charge in [0.1, 0.15) is 0 Å². The maximum Gasteiger partial charge on any atom is 0.220 e. The molecule has 0 bridgehead atoms. The molecule has 1 aliphatic heterocycles. The second kappa shape index (κ2) is 9.27. The molecule has 2 N–H and O–H groups in total. The number of nitrogens with zero attached hydrogens (tertiary/aromatic N) is 1. The van der Waals surface area contributed by atoms with Crippen LogP contribution in [0.25, 0.3) is 10.9 Å². The summed E-state index contributed by atoms with van der Waals surface area (Å²) in [4.78, 5) is 18.7. The molecule has 1 fully saturated rings. The van der Waals surface area contributed by atoms with Gasteiger partial charge in [-0.1, -0.05) is 54.4 Å². The molecule has 1 aliphatic rings. The summed E-state index contributed by atoms with van der Waals surface area (Å²) in [6.45, 7) is 6.10. The van der Waals surface area contributed by atoms with E-state index < -0.39 is 0 Å². The fourth-order valence-corrected chi connectivity index (χ4v) is 4.38. The van der Waals surface area contributed by atoms with Crippen LogP contribution in [0, 0.1) is 6.92 Å². The Morgan fingerprint density at radius 2 is 1.83 bits per heavy atom. The number of aromatic nitrogens is 1. The Morgan fingerprint density at radius 3 is 2.62 bits per heavy atom. The number of hydrogen-bond donors (Lipinski definition) is 2. The van der Waals surface area contributed by atoms with Crippen LogP contribution in [0.3, 0.4) is 0 Å². The van der Waals surface area contributed by atoms with Crippen molar-refractivity contribution in [2.75, 3.05) is 26.2 Å². The van der Waals surface area contributed by atoms with Crippen molar-refractivity contribution in [3.05, 3.63) is 71.4 Å². The minimum absolute atomic E-state index is 0.0433. The average molecular weight is 390 g/mol. The van der Waals surface area contributed by atoms with Crippen LogP contribution >= 0.6 is 0 Å². The lowest BCUT2D eigenvalue weighted by molar-refractivity contribution is -0.121. The molecule has 0 unspecified atom stereocenters. The van der Waals surface area contributed by atoms with Crippen molar-refractivity contribution in [2.24, 2.45) is 0 Å². The molecule has 0 aliphatic carbocycles. The Balaban J connectivity index is 1.48. The van der Waals surface area contributed by atoms with Gasteiger partial charge in [0.15, 0.2) is 0 Å². The highest BCUT2D eigenvalue weighted by atomic mass is 16.1. The van der Waals surface area contributed by atoms with Gasteiger partial charge in [-0.15, -0.1) is 0 Å². The quantitative estimate of drug-likeness (QED) is 0.620. The molecule has 152 valence electrons. The minimum Gasteiger partial charge on any atom is -0.361 e. The Morgan fingerprint density at radius 1 is 1.07 bits per heavy atom. The van der Waals surface area contributed by atoms with E-state index in [-0.39, 0.29) is 11.8 Å². The molecule has 1 amide bonds. The number of aryl methyl sites for hydroxylation is 1. The van der Waals surface area contributed by atoms with Gasteiger partial charge in [0.05, 0.1) is 0 Å². The summed E-state index contributed by atoms with van der Waals surface area (Å²) in [5.74, 6) is 0.166. The monoisotopic (exact) mass is 389 g/mol. The Hall–Kier alpha value is -2.59. The van der Waals surface area contributed by atoms with Crippen molar-refractivity contribution in [3.63, 3.8) is 0 Å². The van der Waals surface area contributed by atoms with Crippen molar-refractivity contribution in [1.82, 2.24) is 15.2 Å². The molecule has 0 saturated carbocycles. The number of H-pyrrole nitrogens is 1. The van der Waals surface area contributed by atoms with E-state index in [1.54, 1.807) is 0 Å². The van der Waals surface area contributed by atoms with E-state index in [0.717, 1.165) is 31.7 Å². The molecule has 2 heterocycles. The number of para-hydroxylation sites is 1. The Labute approximate surface area is 173 Å². The van der Waals surface area contributed by atoms with Crippen molar-refractivity contribution in [2.45, 2.75) is 38.5 Å². The number of fused-ring (bicyclic) bond motifs is 1. The third kappa shape index (κ3) is 4.88. The van der Waals surface area contributed by atoms with Crippen molar-refractivity contribution < 1.29 is 4.79 Å². The molecule has 1 aromatic heterocycles. The van der Waals surface area contributed by atoms with E-state index in [1.807, 2.05) is 6.07 Å². The number of piperidine rings is 1. The first-order valence-electron chi connectivity index (χ1n) is 10.8. The van der Waals surface area contributed by atoms with Crippen LogP contribution in [-0.2, 0) is 4.79 Å². The van der Waals surface area contributed by atoms with Crippen LogP contribution in [0.15, 0.2) is 54.7 Å². The minimum atomic E-state index is 0.0433. The maximum absolute atomic E-state index is 12.8. The second-order valence-corrected chi connectivity index (χ2v) is 8.21. The summed E-state index contributed by atoms with van der Waals surface area (Å²) in [6.07, 6.45) is 6.43. The summed E-state index contributed by atoms with van der Waals surface area (Å²) in [5, 5.41) is 4.35. The topological polar surface area (TPSA) is 48.1 Å². The van der Waals surface area contributed by atoms with E-state index in [4.69, 9.17) is 0 Å². The zero-order chi connectivity index (χ0) is 20.1. The first kappa shape index (κ1) is 19.7. The van der Waals surface area contributed by atoms with Crippen molar-refractivity contribution >= 4 is 16.8 Å². The van der Waals surface area contributed by atoms with E-state index >= 15 is 0 Å². The van der Waals surface area contributed by atoms with Crippen LogP contribution in [-0.4, -0.2) is 42.0 Å². The molecule has 29 heavy (non-hydrogen) atoms. The summed E-state index contributed by atoms with van der Waals surface area (Å²) in [6, 6.07) is 16.9. The van der Waals surface area contributed by atoms with Gasteiger partial charge >= 0.3 is 0 Å². The molecule has 1 atom stereocenters. The molecule has 2 aromatic carbocycles. The van der Waals surface area contributed by atoms with Crippen LogP contribution in [0.5, 0.6) is 0 Å². The van der Waals surface area contributed by atoms with Crippen molar-refractivity contribution in [1.29, 1.82) is 0 Å². The van der Waals surface area contributed by atoms with E-state index in [1.165, 1.54) is 41.3 Å². The van der Waals surface area contributed by atoms with Gasteiger partial charge < -0.3 is 15.2 Å². The Kier molecular flexibility index (Phi) is 6.30.